The molecule has 0 fully saturated rings. The summed E-state index contributed by atoms with van der Waals surface area (Å²) in [5.41, 5.74) is 0.946. The lowest BCUT2D eigenvalue weighted by atomic mass is 10.1. The SMILES string of the molecule is O=C(NCc1ccc(Cl)s1)c1nn(Cc2ccccc2)c(=O)c2ccccc12. The van der Waals surface area contributed by atoms with Gasteiger partial charge >= 0.3 is 0 Å². The summed E-state index contributed by atoms with van der Waals surface area (Å²) in [6.45, 7) is 0.648. The minimum Gasteiger partial charge on any atom is -0.346 e. The number of benzene rings is 2. The van der Waals surface area contributed by atoms with Gasteiger partial charge in [0.05, 0.1) is 22.8 Å². The number of nitrogens with zero attached hydrogens (tertiary/aromatic N) is 2. The molecule has 5 nitrogen and oxygen atoms in total. The van der Waals surface area contributed by atoms with E-state index < -0.39 is 0 Å². The van der Waals surface area contributed by atoms with Crippen molar-refractivity contribution in [3.8, 4) is 0 Å². The first-order valence-electron chi connectivity index (χ1n) is 8.68. The van der Waals surface area contributed by atoms with E-state index in [1.807, 2.05) is 36.4 Å². The number of rotatable bonds is 5. The van der Waals surface area contributed by atoms with Crippen molar-refractivity contribution < 1.29 is 4.79 Å². The second-order valence-electron chi connectivity index (χ2n) is 6.23. The van der Waals surface area contributed by atoms with Gasteiger partial charge in [-0.2, -0.15) is 5.10 Å². The van der Waals surface area contributed by atoms with Crippen LogP contribution in [0, 0.1) is 0 Å². The first kappa shape index (κ1) is 18.4. The van der Waals surface area contributed by atoms with Gasteiger partial charge in [0.25, 0.3) is 11.5 Å². The first-order chi connectivity index (χ1) is 13.6. The predicted octanol–water partition coefficient (Wildman–Crippen LogP) is 4.09. The molecule has 2 aromatic carbocycles. The van der Waals surface area contributed by atoms with Gasteiger partial charge in [-0.3, -0.25) is 9.59 Å². The van der Waals surface area contributed by atoms with Gasteiger partial charge in [-0.15, -0.1) is 11.3 Å². The minimum absolute atomic E-state index is 0.221. The number of carbonyl (C=O) groups is 1. The maximum atomic E-state index is 12.8. The Labute approximate surface area is 170 Å². The number of hydrogen-bond donors (Lipinski definition) is 1. The van der Waals surface area contributed by atoms with Gasteiger partial charge in [0.1, 0.15) is 0 Å². The van der Waals surface area contributed by atoms with Gasteiger partial charge < -0.3 is 5.32 Å². The van der Waals surface area contributed by atoms with Crippen LogP contribution in [0.15, 0.2) is 71.5 Å². The summed E-state index contributed by atoms with van der Waals surface area (Å²) in [4.78, 5) is 26.6. The molecule has 2 heterocycles. The average molecular weight is 410 g/mol. The molecule has 0 aliphatic carbocycles. The molecule has 0 saturated carbocycles. The Balaban J connectivity index is 1.70. The van der Waals surface area contributed by atoms with E-state index in [0.717, 1.165) is 10.4 Å². The lowest BCUT2D eigenvalue weighted by Gasteiger charge is -2.11. The molecule has 1 amide bonds. The number of aromatic nitrogens is 2. The molecule has 0 radical (unpaired) electrons. The van der Waals surface area contributed by atoms with Crippen LogP contribution in [0.1, 0.15) is 20.9 Å². The number of halogens is 1. The molecule has 0 aliphatic heterocycles. The maximum absolute atomic E-state index is 12.8. The number of carbonyl (C=O) groups excluding carboxylic acids is 1. The van der Waals surface area contributed by atoms with Crippen LogP contribution in [0.5, 0.6) is 0 Å². The number of hydrogen-bond acceptors (Lipinski definition) is 4. The van der Waals surface area contributed by atoms with E-state index >= 15 is 0 Å². The van der Waals surface area contributed by atoms with Gasteiger partial charge in [-0.25, -0.2) is 4.68 Å². The van der Waals surface area contributed by atoms with Crippen molar-refractivity contribution in [3.05, 3.63) is 97.6 Å². The highest BCUT2D eigenvalue weighted by Gasteiger charge is 2.17. The maximum Gasteiger partial charge on any atom is 0.274 e. The van der Waals surface area contributed by atoms with Crippen LogP contribution in [0.4, 0.5) is 0 Å². The van der Waals surface area contributed by atoms with Crippen LogP contribution >= 0.6 is 22.9 Å². The summed E-state index contributed by atoms with van der Waals surface area (Å²) in [6.07, 6.45) is 0. The van der Waals surface area contributed by atoms with E-state index in [9.17, 15) is 9.59 Å². The first-order valence-corrected chi connectivity index (χ1v) is 9.87. The van der Waals surface area contributed by atoms with Crippen LogP contribution in [0.25, 0.3) is 10.8 Å². The summed E-state index contributed by atoms with van der Waals surface area (Å²) < 4.78 is 2.01. The number of fused-ring (bicyclic) bond motifs is 1. The molecule has 0 saturated heterocycles. The highest BCUT2D eigenvalue weighted by Crippen LogP contribution is 2.21. The van der Waals surface area contributed by atoms with Crippen LogP contribution in [-0.2, 0) is 13.1 Å². The third-order valence-corrected chi connectivity index (χ3v) is 5.54. The zero-order valence-corrected chi connectivity index (χ0v) is 16.3. The monoisotopic (exact) mass is 409 g/mol. The molecular formula is C21H16ClN3O2S. The highest BCUT2D eigenvalue weighted by atomic mass is 35.5. The molecule has 4 rings (SSSR count). The minimum atomic E-state index is -0.331. The van der Waals surface area contributed by atoms with Crippen molar-refractivity contribution in [2.45, 2.75) is 13.1 Å². The molecular weight excluding hydrogens is 394 g/mol. The molecule has 0 bridgehead atoms. The predicted molar refractivity (Wildman–Crippen MR) is 112 cm³/mol. The Bertz CT molecular complexity index is 1200. The van der Waals surface area contributed by atoms with E-state index in [0.29, 0.717) is 28.2 Å². The van der Waals surface area contributed by atoms with Crippen molar-refractivity contribution >= 4 is 39.6 Å². The van der Waals surface area contributed by atoms with Crippen molar-refractivity contribution in [2.75, 3.05) is 0 Å². The van der Waals surface area contributed by atoms with Crippen molar-refractivity contribution in [3.63, 3.8) is 0 Å². The Morgan fingerprint density at radius 2 is 1.71 bits per heavy atom. The molecule has 0 unspecified atom stereocenters. The third kappa shape index (κ3) is 3.83. The molecule has 0 atom stereocenters. The van der Waals surface area contributed by atoms with E-state index in [1.54, 1.807) is 30.3 Å². The fourth-order valence-corrected chi connectivity index (χ4v) is 3.99. The number of thiophene rings is 1. The number of nitrogens with one attached hydrogen (secondary N) is 1. The summed E-state index contributed by atoms with van der Waals surface area (Å²) in [5.74, 6) is -0.331. The van der Waals surface area contributed by atoms with Crippen LogP contribution in [0.3, 0.4) is 0 Å². The molecule has 2 aromatic heterocycles. The summed E-state index contributed by atoms with van der Waals surface area (Å²) in [7, 11) is 0. The summed E-state index contributed by atoms with van der Waals surface area (Å²) in [5, 5.41) is 8.26. The van der Waals surface area contributed by atoms with Gasteiger partial charge in [0.15, 0.2) is 5.69 Å². The molecule has 0 aliphatic rings. The van der Waals surface area contributed by atoms with E-state index in [4.69, 9.17) is 11.6 Å². The van der Waals surface area contributed by atoms with Crippen LogP contribution < -0.4 is 10.9 Å². The van der Waals surface area contributed by atoms with Gasteiger partial charge in [-0.1, -0.05) is 60.1 Å². The fraction of sp³-hybridized carbons (Fsp3) is 0.0952. The molecule has 4 aromatic rings. The largest absolute Gasteiger partial charge is 0.346 e. The van der Waals surface area contributed by atoms with Crippen LogP contribution in [-0.4, -0.2) is 15.7 Å². The van der Waals surface area contributed by atoms with Crippen molar-refractivity contribution in [1.82, 2.24) is 15.1 Å². The van der Waals surface area contributed by atoms with E-state index in [-0.39, 0.29) is 17.2 Å². The third-order valence-electron chi connectivity index (χ3n) is 4.31. The number of amides is 1. The van der Waals surface area contributed by atoms with Crippen LogP contribution in [0.2, 0.25) is 4.34 Å². The summed E-state index contributed by atoms with van der Waals surface area (Å²) in [6, 6.07) is 20.3. The standard InChI is InChI=1S/C21H16ClN3O2S/c22-18-11-10-15(28-18)12-23-20(26)19-16-8-4-5-9-17(16)21(27)25(24-19)13-14-6-2-1-3-7-14/h1-11H,12-13H2,(H,23,26). The fourth-order valence-electron chi connectivity index (χ4n) is 2.96. The average Bonchev–Trinajstić information content (AvgIpc) is 3.14. The summed E-state index contributed by atoms with van der Waals surface area (Å²) >= 11 is 7.35. The zero-order valence-electron chi connectivity index (χ0n) is 14.8. The van der Waals surface area contributed by atoms with Gasteiger partial charge in [0.2, 0.25) is 0 Å². The smallest absolute Gasteiger partial charge is 0.274 e. The highest BCUT2D eigenvalue weighted by molar-refractivity contribution is 7.16. The van der Waals surface area contributed by atoms with Gasteiger partial charge in [-0.05, 0) is 23.8 Å². The second kappa shape index (κ2) is 7.96. The van der Waals surface area contributed by atoms with E-state index in [2.05, 4.69) is 10.4 Å². The quantitative estimate of drug-likeness (QED) is 0.540. The van der Waals surface area contributed by atoms with Crippen molar-refractivity contribution in [2.24, 2.45) is 0 Å². The van der Waals surface area contributed by atoms with E-state index in [1.165, 1.54) is 16.0 Å². The topological polar surface area (TPSA) is 64.0 Å². The zero-order chi connectivity index (χ0) is 19.5. The molecule has 7 heteroatoms. The molecule has 0 spiro atoms. The normalized spacial score (nSPS) is 10.9. The Kier molecular flexibility index (Phi) is 5.23. The Morgan fingerprint density at radius 1 is 1.00 bits per heavy atom. The molecule has 28 heavy (non-hydrogen) atoms. The van der Waals surface area contributed by atoms with Crippen molar-refractivity contribution in [1.29, 1.82) is 0 Å². The Morgan fingerprint density at radius 3 is 2.43 bits per heavy atom. The Hall–Kier alpha value is -2.96. The second-order valence-corrected chi connectivity index (χ2v) is 8.03. The lowest BCUT2D eigenvalue weighted by molar-refractivity contribution is 0.0946. The molecule has 1 N–H and O–H groups in total. The molecule has 140 valence electrons. The van der Waals surface area contributed by atoms with Gasteiger partial charge in [0, 0.05) is 10.3 Å². The lowest BCUT2D eigenvalue weighted by Crippen LogP contribution is -2.30.